The van der Waals surface area contributed by atoms with Crippen LogP contribution in [0.1, 0.15) is 24.7 Å². The van der Waals surface area contributed by atoms with Crippen LogP contribution in [-0.4, -0.2) is 16.7 Å². The molecule has 1 atom stereocenters. The van der Waals surface area contributed by atoms with Gasteiger partial charge in [0, 0.05) is 0 Å². The summed E-state index contributed by atoms with van der Waals surface area (Å²) >= 11 is 5.88. The van der Waals surface area contributed by atoms with Crippen LogP contribution in [0.25, 0.3) is 11.5 Å². The predicted molar refractivity (Wildman–Crippen MR) is 64.7 cm³/mol. The molecule has 6 heteroatoms. The molecule has 2 heterocycles. The quantitative estimate of drug-likeness (QED) is 0.909. The van der Waals surface area contributed by atoms with Crippen molar-refractivity contribution in [1.82, 2.24) is 15.5 Å². The predicted octanol–water partition coefficient (Wildman–Crippen LogP) is 2.95. The first-order valence-electron chi connectivity index (χ1n) is 5.77. The molecule has 1 unspecified atom stereocenters. The lowest BCUT2D eigenvalue weighted by atomic mass is 10.2. The number of nitrogens with zero attached hydrogens (tertiary/aromatic N) is 2. The van der Waals surface area contributed by atoms with Crippen molar-refractivity contribution in [3.05, 3.63) is 34.9 Å². The first-order valence-corrected chi connectivity index (χ1v) is 6.15. The van der Waals surface area contributed by atoms with Gasteiger partial charge in [-0.05, 0) is 31.5 Å². The fourth-order valence-electron chi connectivity index (χ4n) is 2.06. The number of aromatic nitrogens is 2. The molecule has 1 N–H and O–H groups in total. The van der Waals surface area contributed by atoms with E-state index in [0.717, 1.165) is 19.4 Å². The Labute approximate surface area is 108 Å². The van der Waals surface area contributed by atoms with Crippen molar-refractivity contribution in [3.63, 3.8) is 0 Å². The minimum absolute atomic E-state index is 0.00656. The van der Waals surface area contributed by atoms with E-state index >= 15 is 0 Å². The lowest BCUT2D eigenvalue weighted by Crippen LogP contribution is -2.14. The summed E-state index contributed by atoms with van der Waals surface area (Å²) in [7, 11) is 0. The minimum atomic E-state index is -0.493. The summed E-state index contributed by atoms with van der Waals surface area (Å²) < 4.78 is 18.5. The van der Waals surface area contributed by atoms with Crippen LogP contribution in [0.15, 0.2) is 22.7 Å². The molecule has 1 fully saturated rings. The zero-order valence-electron chi connectivity index (χ0n) is 9.49. The molecule has 18 heavy (non-hydrogen) atoms. The van der Waals surface area contributed by atoms with Crippen LogP contribution in [0.5, 0.6) is 0 Å². The maximum Gasteiger partial charge on any atom is 0.259 e. The van der Waals surface area contributed by atoms with E-state index in [-0.39, 0.29) is 17.0 Å². The molecule has 1 aliphatic heterocycles. The fraction of sp³-hybridized carbons (Fsp3) is 0.333. The highest BCUT2D eigenvalue weighted by molar-refractivity contribution is 6.33. The molecular formula is C12H11ClFN3O. The van der Waals surface area contributed by atoms with Crippen molar-refractivity contribution >= 4 is 11.6 Å². The Hall–Kier alpha value is -1.46. The molecule has 1 saturated heterocycles. The second-order valence-corrected chi connectivity index (χ2v) is 4.59. The van der Waals surface area contributed by atoms with Crippen LogP contribution in [0.3, 0.4) is 0 Å². The van der Waals surface area contributed by atoms with Crippen LogP contribution in [-0.2, 0) is 0 Å². The average molecular weight is 268 g/mol. The van der Waals surface area contributed by atoms with Gasteiger partial charge in [-0.3, -0.25) is 0 Å². The van der Waals surface area contributed by atoms with Crippen molar-refractivity contribution < 1.29 is 8.91 Å². The van der Waals surface area contributed by atoms with Gasteiger partial charge in [0.1, 0.15) is 5.82 Å². The summed E-state index contributed by atoms with van der Waals surface area (Å²) in [5.74, 6) is 0.360. The van der Waals surface area contributed by atoms with Crippen molar-refractivity contribution in [2.24, 2.45) is 0 Å². The highest BCUT2D eigenvalue weighted by Crippen LogP contribution is 2.30. The maximum atomic E-state index is 13.3. The number of rotatable bonds is 2. The summed E-state index contributed by atoms with van der Waals surface area (Å²) in [6, 6.07) is 4.63. The average Bonchev–Trinajstić information content (AvgIpc) is 3.01. The fourth-order valence-corrected chi connectivity index (χ4v) is 2.27. The van der Waals surface area contributed by atoms with Gasteiger partial charge in [0.25, 0.3) is 5.89 Å². The number of nitrogens with one attached hydrogen (secondary N) is 1. The molecular weight excluding hydrogens is 257 g/mol. The van der Waals surface area contributed by atoms with E-state index in [4.69, 9.17) is 16.1 Å². The summed E-state index contributed by atoms with van der Waals surface area (Å²) in [5, 5.41) is 7.19. The monoisotopic (exact) mass is 267 g/mol. The van der Waals surface area contributed by atoms with Crippen LogP contribution in [0.2, 0.25) is 5.02 Å². The highest BCUT2D eigenvalue weighted by atomic mass is 35.5. The molecule has 0 radical (unpaired) electrons. The van der Waals surface area contributed by atoms with Gasteiger partial charge in [0.2, 0.25) is 0 Å². The van der Waals surface area contributed by atoms with E-state index in [9.17, 15) is 4.39 Å². The van der Waals surface area contributed by atoms with Gasteiger partial charge in [-0.25, -0.2) is 4.39 Å². The summed E-state index contributed by atoms with van der Waals surface area (Å²) in [4.78, 5) is 4.27. The summed E-state index contributed by atoms with van der Waals surface area (Å²) in [5.41, 5.74) is 0.424. The Morgan fingerprint density at radius 3 is 3.11 bits per heavy atom. The molecule has 0 bridgehead atoms. The van der Waals surface area contributed by atoms with Gasteiger partial charge >= 0.3 is 0 Å². The third-order valence-corrected chi connectivity index (χ3v) is 3.38. The topological polar surface area (TPSA) is 51.0 Å². The van der Waals surface area contributed by atoms with Gasteiger partial charge in [-0.15, -0.1) is 0 Å². The van der Waals surface area contributed by atoms with Gasteiger partial charge < -0.3 is 9.84 Å². The van der Waals surface area contributed by atoms with Gasteiger partial charge in [0.05, 0.1) is 16.6 Å². The summed E-state index contributed by atoms with van der Waals surface area (Å²) in [6.07, 6.45) is 2.07. The molecule has 0 aliphatic carbocycles. The molecule has 94 valence electrons. The van der Waals surface area contributed by atoms with Crippen LogP contribution >= 0.6 is 11.6 Å². The Balaban J connectivity index is 1.95. The third-order valence-electron chi connectivity index (χ3n) is 3.00. The smallest absolute Gasteiger partial charge is 0.259 e. The second-order valence-electron chi connectivity index (χ2n) is 4.21. The van der Waals surface area contributed by atoms with E-state index in [1.807, 2.05) is 0 Å². The number of hydrogen-bond acceptors (Lipinski definition) is 4. The molecule has 4 nitrogen and oxygen atoms in total. The van der Waals surface area contributed by atoms with Gasteiger partial charge in [-0.2, -0.15) is 4.98 Å². The van der Waals surface area contributed by atoms with E-state index in [2.05, 4.69) is 15.5 Å². The van der Waals surface area contributed by atoms with Gasteiger partial charge in [0.15, 0.2) is 5.82 Å². The van der Waals surface area contributed by atoms with E-state index < -0.39 is 5.82 Å². The first kappa shape index (κ1) is 11.6. The highest BCUT2D eigenvalue weighted by Gasteiger charge is 2.23. The normalized spacial score (nSPS) is 19.3. The Morgan fingerprint density at radius 1 is 1.44 bits per heavy atom. The molecule has 1 aliphatic rings. The third kappa shape index (κ3) is 2.00. The number of hydrogen-bond donors (Lipinski definition) is 1. The molecule has 0 amide bonds. The maximum absolute atomic E-state index is 13.3. The number of halogens is 2. The molecule has 2 aromatic rings. The van der Waals surface area contributed by atoms with Crippen molar-refractivity contribution in [3.8, 4) is 11.5 Å². The van der Waals surface area contributed by atoms with E-state index in [1.165, 1.54) is 6.07 Å². The summed E-state index contributed by atoms with van der Waals surface area (Å²) in [6.45, 7) is 0.954. The van der Waals surface area contributed by atoms with E-state index in [1.54, 1.807) is 12.1 Å². The molecule has 0 saturated carbocycles. The Morgan fingerprint density at radius 2 is 2.33 bits per heavy atom. The molecule has 1 aromatic carbocycles. The SMILES string of the molecule is Fc1cccc(-c2nc(C3CCCN3)no2)c1Cl. The van der Waals surface area contributed by atoms with E-state index in [0.29, 0.717) is 11.4 Å². The van der Waals surface area contributed by atoms with Crippen LogP contribution in [0, 0.1) is 5.82 Å². The lowest BCUT2D eigenvalue weighted by molar-refractivity contribution is 0.412. The van der Waals surface area contributed by atoms with Crippen molar-refractivity contribution in [2.75, 3.05) is 6.54 Å². The minimum Gasteiger partial charge on any atom is -0.334 e. The van der Waals surface area contributed by atoms with Crippen molar-refractivity contribution in [2.45, 2.75) is 18.9 Å². The van der Waals surface area contributed by atoms with Crippen LogP contribution < -0.4 is 5.32 Å². The second kappa shape index (κ2) is 4.66. The molecule has 0 spiro atoms. The zero-order chi connectivity index (χ0) is 12.5. The zero-order valence-corrected chi connectivity index (χ0v) is 10.2. The molecule has 3 rings (SSSR count). The molecule has 1 aromatic heterocycles. The van der Waals surface area contributed by atoms with Crippen LogP contribution in [0.4, 0.5) is 4.39 Å². The van der Waals surface area contributed by atoms with Crippen molar-refractivity contribution in [1.29, 1.82) is 0 Å². The number of benzene rings is 1. The largest absolute Gasteiger partial charge is 0.334 e. The first-order chi connectivity index (χ1) is 8.75. The Bertz CT molecular complexity index is 566. The van der Waals surface area contributed by atoms with Gasteiger partial charge in [-0.1, -0.05) is 22.8 Å². The lowest BCUT2D eigenvalue weighted by Gasteiger charge is -2.02. The Kier molecular flexibility index (Phi) is 3.01. The standard InChI is InChI=1S/C12H11ClFN3O/c13-10-7(3-1-4-8(10)14)12-16-11(17-18-12)9-5-2-6-15-9/h1,3-4,9,15H,2,5-6H2.